The number of hydrogen-bond donors (Lipinski definition) is 1. The Morgan fingerprint density at radius 1 is 1.04 bits per heavy atom. The van der Waals surface area contributed by atoms with E-state index in [9.17, 15) is 0 Å². The van der Waals surface area contributed by atoms with E-state index in [2.05, 4.69) is 90.5 Å². The van der Waals surface area contributed by atoms with Gasteiger partial charge in [-0.3, -0.25) is 4.90 Å². The van der Waals surface area contributed by atoms with Crippen molar-refractivity contribution in [3.63, 3.8) is 0 Å². The molecule has 0 radical (unpaired) electrons. The van der Waals surface area contributed by atoms with Gasteiger partial charge >= 0.3 is 0 Å². The highest BCUT2D eigenvalue weighted by Crippen LogP contribution is 2.26. The summed E-state index contributed by atoms with van der Waals surface area (Å²) in [5, 5.41) is 4.95. The van der Waals surface area contributed by atoms with E-state index in [0.717, 1.165) is 35.9 Å². The molecular weight excluding hydrogens is 346 g/mol. The smallest absolute Gasteiger partial charge is 0.266 e. The Hall–Kier alpha value is -3.18. The summed E-state index contributed by atoms with van der Waals surface area (Å²) in [5.74, 6) is 1.09. The number of benzene rings is 2. The van der Waals surface area contributed by atoms with Crippen molar-refractivity contribution in [3.8, 4) is 16.9 Å². The molecule has 0 saturated heterocycles. The zero-order valence-electron chi connectivity index (χ0n) is 16.6. The van der Waals surface area contributed by atoms with Gasteiger partial charge in [0.2, 0.25) is 0 Å². The van der Waals surface area contributed by atoms with Crippen molar-refractivity contribution < 1.29 is 4.98 Å². The Balaban J connectivity index is 1.69. The lowest BCUT2D eigenvalue weighted by Gasteiger charge is -2.13. The summed E-state index contributed by atoms with van der Waals surface area (Å²) in [6.45, 7) is 5.84. The average molecular weight is 372 g/mol. The maximum Gasteiger partial charge on any atom is 0.266 e. The lowest BCUT2D eigenvalue weighted by Crippen LogP contribution is -2.22. The maximum atomic E-state index is 4.95. The van der Waals surface area contributed by atoms with E-state index < -0.39 is 0 Å². The van der Waals surface area contributed by atoms with Crippen LogP contribution in [0.25, 0.3) is 16.9 Å². The van der Waals surface area contributed by atoms with Gasteiger partial charge in [0.1, 0.15) is 18.9 Å². The number of rotatable bonds is 6. The zero-order valence-corrected chi connectivity index (χ0v) is 16.6. The molecule has 0 fully saturated rings. The third kappa shape index (κ3) is 4.05. The molecule has 0 aliphatic rings. The minimum atomic E-state index is 0.808. The summed E-state index contributed by atoms with van der Waals surface area (Å²) < 4.78 is 1.99. The van der Waals surface area contributed by atoms with E-state index in [-0.39, 0.29) is 0 Å². The van der Waals surface area contributed by atoms with Gasteiger partial charge in [0.15, 0.2) is 0 Å². The summed E-state index contributed by atoms with van der Waals surface area (Å²) in [7, 11) is 2.12. The quantitative estimate of drug-likeness (QED) is 0.557. The first kappa shape index (κ1) is 18.2. The summed E-state index contributed by atoms with van der Waals surface area (Å²) in [6, 6.07) is 17.0. The lowest BCUT2D eigenvalue weighted by molar-refractivity contribution is -0.390. The van der Waals surface area contributed by atoms with Crippen LogP contribution in [0.1, 0.15) is 22.5 Å². The van der Waals surface area contributed by atoms with Crippen LogP contribution >= 0.6 is 0 Å². The number of aromatic amines is 2. The molecule has 2 aromatic heterocycles. The summed E-state index contributed by atoms with van der Waals surface area (Å²) >= 11 is 0. The van der Waals surface area contributed by atoms with Crippen molar-refractivity contribution in [2.24, 2.45) is 0 Å². The van der Waals surface area contributed by atoms with Gasteiger partial charge in [-0.15, -0.1) is 0 Å². The third-order valence-corrected chi connectivity index (χ3v) is 4.85. The second-order valence-electron chi connectivity index (χ2n) is 7.43. The molecule has 2 aromatic carbocycles. The number of imidazole rings is 1. The third-order valence-electron chi connectivity index (χ3n) is 4.85. The van der Waals surface area contributed by atoms with Gasteiger partial charge in [-0.25, -0.2) is 14.6 Å². The lowest BCUT2D eigenvalue weighted by atomic mass is 10.1. The van der Waals surface area contributed by atoms with Gasteiger partial charge in [0, 0.05) is 23.9 Å². The van der Waals surface area contributed by atoms with Crippen molar-refractivity contribution in [1.29, 1.82) is 0 Å². The second kappa shape index (κ2) is 7.82. The molecule has 142 valence electrons. The number of hydrogen-bond acceptors (Lipinski definition) is 2. The molecule has 2 N–H and O–H groups in total. The predicted octanol–water partition coefficient (Wildman–Crippen LogP) is 3.93. The molecule has 0 spiro atoms. The highest BCUT2D eigenvalue weighted by Gasteiger charge is 2.16. The SMILES string of the molecule is Cc1ccc(-n2cc(CN(C)Cc3[nH]cc[nH+]3)c(-c3cccc(C)c3)n2)cc1. The summed E-state index contributed by atoms with van der Waals surface area (Å²) in [4.78, 5) is 8.73. The molecule has 0 saturated carbocycles. The average Bonchev–Trinajstić information content (AvgIpc) is 3.32. The Morgan fingerprint density at radius 2 is 1.86 bits per heavy atom. The molecule has 5 nitrogen and oxygen atoms in total. The second-order valence-corrected chi connectivity index (χ2v) is 7.43. The first-order chi connectivity index (χ1) is 13.6. The van der Waals surface area contributed by atoms with E-state index in [1.807, 2.05) is 17.1 Å². The molecule has 0 unspecified atom stereocenters. The minimum Gasteiger partial charge on any atom is -0.291 e. The van der Waals surface area contributed by atoms with Crippen LogP contribution in [0, 0.1) is 13.8 Å². The van der Waals surface area contributed by atoms with E-state index in [1.54, 1.807) is 0 Å². The normalized spacial score (nSPS) is 11.3. The molecule has 0 atom stereocenters. The fourth-order valence-electron chi connectivity index (χ4n) is 3.42. The number of nitrogens with zero attached hydrogens (tertiary/aromatic N) is 3. The molecule has 28 heavy (non-hydrogen) atoms. The Morgan fingerprint density at radius 3 is 2.57 bits per heavy atom. The molecule has 0 aliphatic heterocycles. The zero-order chi connectivity index (χ0) is 19.5. The Kier molecular flexibility index (Phi) is 5.08. The highest BCUT2D eigenvalue weighted by atomic mass is 15.3. The van der Waals surface area contributed by atoms with Crippen LogP contribution in [0.2, 0.25) is 0 Å². The van der Waals surface area contributed by atoms with Crippen molar-refractivity contribution in [2.45, 2.75) is 26.9 Å². The van der Waals surface area contributed by atoms with Gasteiger partial charge in [-0.05, 0) is 39.1 Å². The maximum absolute atomic E-state index is 4.95. The molecule has 2 heterocycles. The largest absolute Gasteiger partial charge is 0.291 e. The molecule has 5 heteroatoms. The van der Waals surface area contributed by atoms with E-state index >= 15 is 0 Å². The molecule has 0 amide bonds. The number of H-pyrrole nitrogens is 2. The minimum absolute atomic E-state index is 0.808. The Labute approximate surface area is 165 Å². The van der Waals surface area contributed by atoms with Crippen LogP contribution < -0.4 is 4.98 Å². The number of aryl methyl sites for hydroxylation is 2. The van der Waals surface area contributed by atoms with Crippen LogP contribution in [-0.2, 0) is 13.1 Å². The van der Waals surface area contributed by atoms with Crippen molar-refractivity contribution >= 4 is 0 Å². The topological polar surface area (TPSA) is 51.0 Å². The molecule has 0 aliphatic carbocycles. The fraction of sp³-hybridized carbons (Fsp3) is 0.217. The van der Waals surface area contributed by atoms with E-state index in [1.165, 1.54) is 16.7 Å². The van der Waals surface area contributed by atoms with Gasteiger partial charge in [0.05, 0.1) is 11.4 Å². The van der Waals surface area contributed by atoms with Gasteiger partial charge in [-0.1, -0.05) is 41.5 Å². The van der Waals surface area contributed by atoms with E-state index in [4.69, 9.17) is 5.10 Å². The van der Waals surface area contributed by atoms with Crippen LogP contribution in [-0.4, -0.2) is 26.7 Å². The first-order valence-electron chi connectivity index (χ1n) is 9.53. The van der Waals surface area contributed by atoms with Gasteiger partial charge in [0.25, 0.3) is 5.82 Å². The molecule has 4 rings (SSSR count). The fourth-order valence-corrected chi connectivity index (χ4v) is 3.42. The predicted molar refractivity (Wildman–Crippen MR) is 111 cm³/mol. The molecular formula is C23H26N5+. The van der Waals surface area contributed by atoms with Gasteiger partial charge < -0.3 is 0 Å². The monoisotopic (exact) mass is 372 g/mol. The van der Waals surface area contributed by atoms with Crippen molar-refractivity contribution in [2.75, 3.05) is 7.05 Å². The van der Waals surface area contributed by atoms with Crippen LogP contribution in [0.5, 0.6) is 0 Å². The van der Waals surface area contributed by atoms with Crippen LogP contribution in [0.15, 0.2) is 67.1 Å². The van der Waals surface area contributed by atoms with Gasteiger partial charge in [-0.2, -0.15) is 5.10 Å². The van der Waals surface area contributed by atoms with Crippen molar-refractivity contribution in [3.05, 3.63) is 89.6 Å². The summed E-state index contributed by atoms with van der Waals surface area (Å²) in [6.07, 6.45) is 5.98. The number of aromatic nitrogens is 4. The Bertz CT molecular complexity index is 1050. The summed E-state index contributed by atoms with van der Waals surface area (Å²) in [5.41, 5.74) is 6.96. The van der Waals surface area contributed by atoms with E-state index in [0.29, 0.717) is 0 Å². The highest BCUT2D eigenvalue weighted by molar-refractivity contribution is 5.64. The standard InChI is InChI=1S/C23H25N5/c1-17-7-9-21(10-8-17)28-15-20(14-27(3)16-22-24-11-12-25-22)23(26-28)19-6-4-5-18(2)13-19/h4-13,15H,14,16H2,1-3H3,(H,24,25)/p+1. The molecule has 4 aromatic rings. The van der Waals surface area contributed by atoms with Crippen LogP contribution in [0.3, 0.4) is 0 Å². The molecule has 0 bridgehead atoms. The van der Waals surface area contributed by atoms with Crippen LogP contribution in [0.4, 0.5) is 0 Å². The van der Waals surface area contributed by atoms with Crippen molar-refractivity contribution in [1.82, 2.24) is 19.7 Å². The first-order valence-corrected chi connectivity index (χ1v) is 9.53. The number of nitrogens with one attached hydrogen (secondary N) is 2.